The van der Waals surface area contributed by atoms with Crippen LogP contribution >= 0.6 is 0 Å². The Bertz CT molecular complexity index is 530. The van der Waals surface area contributed by atoms with Gasteiger partial charge in [0.25, 0.3) is 0 Å². The Morgan fingerprint density at radius 2 is 2.16 bits per heavy atom. The zero-order valence-electron chi connectivity index (χ0n) is 11.1. The Morgan fingerprint density at radius 1 is 1.42 bits per heavy atom. The maximum absolute atomic E-state index is 12.2. The number of benzene rings is 1. The van der Waals surface area contributed by atoms with Crippen molar-refractivity contribution in [1.82, 2.24) is 0 Å². The fourth-order valence-electron chi connectivity index (χ4n) is 2.28. The van der Waals surface area contributed by atoms with Crippen molar-refractivity contribution in [1.29, 1.82) is 0 Å². The Kier molecular flexibility index (Phi) is 4.44. The van der Waals surface area contributed by atoms with Crippen LogP contribution in [0, 0.1) is 0 Å². The molecule has 0 bridgehead atoms. The standard InChI is InChI=1S/C13H20N2O3S/c1-2-19(16,17)13-6-4-3-5-12(13)15-7-8-18-10-11(15)9-14/h3-6,11H,2,7-10,14H2,1H3. The molecule has 0 radical (unpaired) electrons. The molecule has 5 nitrogen and oxygen atoms in total. The van der Waals surface area contributed by atoms with Gasteiger partial charge in [-0.05, 0) is 12.1 Å². The molecule has 0 aliphatic carbocycles. The molecule has 1 aliphatic rings. The van der Waals surface area contributed by atoms with Crippen LogP contribution in [0.2, 0.25) is 0 Å². The Morgan fingerprint density at radius 3 is 2.84 bits per heavy atom. The van der Waals surface area contributed by atoms with Crippen molar-refractivity contribution in [2.45, 2.75) is 17.9 Å². The van der Waals surface area contributed by atoms with E-state index in [1.807, 2.05) is 17.0 Å². The molecular weight excluding hydrogens is 264 g/mol. The molecule has 1 heterocycles. The summed E-state index contributed by atoms with van der Waals surface area (Å²) in [6.45, 7) is 3.90. The van der Waals surface area contributed by atoms with E-state index >= 15 is 0 Å². The van der Waals surface area contributed by atoms with Gasteiger partial charge in [0.15, 0.2) is 9.84 Å². The number of para-hydroxylation sites is 1. The summed E-state index contributed by atoms with van der Waals surface area (Å²) in [7, 11) is -3.23. The van der Waals surface area contributed by atoms with E-state index in [2.05, 4.69) is 0 Å². The topological polar surface area (TPSA) is 72.6 Å². The highest BCUT2D eigenvalue weighted by Gasteiger charge is 2.27. The first-order valence-electron chi connectivity index (χ1n) is 6.46. The third-order valence-corrected chi connectivity index (χ3v) is 5.16. The van der Waals surface area contributed by atoms with Gasteiger partial charge in [-0.25, -0.2) is 8.42 Å². The molecule has 1 fully saturated rings. The van der Waals surface area contributed by atoms with Crippen LogP contribution in [0.3, 0.4) is 0 Å². The minimum Gasteiger partial charge on any atom is -0.377 e. The van der Waals surface area contributed by atoms with E-state index in [1.54, 1.807) is 19.1 Å². The molecule has 106 valence electrons. The van der Waals surface area contributed by atoms with Crippen molar-refractivity contribution in [3.8, 4) is 0 Å². The first kappa shape index (κ1) is 14.3. The number of hydrogen-bond donors (Lipinski definition) is 1. The summed E-state index contributed by atoms with van der Waals surface area (Å²) in [4.78, 5) is 2.43. The molecule has 2 N–H and O–H groups in total. The maximum Gasteiger partial charge on any atom is 0.180 e. The highest BCUT2D eigenvalue weighted by molar-refractivity contribution is 7.91. The predicted molar refractivity (Wildman–Crippen MR) is 75.2 cm³/mol. The number of nitrogens with two attached hydrogens (primary N) is 1. The summed E-state index contributed by atoms with van der Waals surface area (Å²) in [6, 6.07) is 7.15. The number of ether oxygens (including phenoxy) is 1. The second kappa shape index (κ2) is 5.90. The monoisotopic (exact) mass is 284 g/mol. The molecular formula is C13H20N2O3S. The van der Waals surface area contributed by atoms with Gasteiger partial charge in [0.05, 0.1) is 35.6 Å². The average molecular weight is 284 g/mol. The van der Waals surface area contributed by atoms with Crippen molar-refractivity contribution in [3.05, 3.63) is 24.3 Å². The molecule has 1 aromatic rings. The smallest absolute Gasteiger partial charge is 0.180 e. The zero-order chi connectivity index (χ0) is 13.9. The van der Waals surface area contributed by atoms with Crippen molar-refractivity contribution in [2.24, 2.45) is 5.73 Å². The minimum absolute atomic E-state index is 0.0296. The van der Waals surface area contributed by atoms with Crippen LogP contribution in [0.5, 0.6) is 0 Å². The number of sulfone groups is 1. The fraction of sp³-hybridized carbons (Fsp3) is 0.538. The highest BCUT2D eigenvalue weighted by atomic mass is 32.2. The summed E-state index contributed by atoms with van der Waals surface area (Å²) in [5.41, 5.74) is 6.49. The zero-order valence-corrected chi connectivity index (χ0v) is 11.9. The summed E-state index contributed by atoms with van der Waals surface area (Å²) in [5, 5.41) is 0. The number of morpholine rings is 1. The van der Waals surface area contributed by atoms with Crippen molar-refractivity contribution in [2.75, 3.05) is 37.0 Å². The molecule has 0 saturated carbocycles. The third-order valence-electron chi connectivity index (χ3n) is 3.39. The molecule has 0 spiro atoms. The lowest BCUT2D eigenvalue weighted by atomic mass is 10.2. The van der Waals surface area contributed by atoms with Crippen molar-refractivity contribution >= 4 is 15.5 Å². The summed E-state index contributed by atoms with van der Waals surface area (Å²) in [6.07, 6.45) is 0. The maximum atomic E-state index is 12.2. The quantitative estimate of drug-likeness (QED) is 0.878. The normalized spacial score (nSPS) is 20.5. The van der Waals surface area contributed by atoms with Gasteiger partial charge < -0.3 is 15.4 Å². The van der Waals surface area contributed by atoms with E-state index in [1.165, 1.54) is 0 Å². The Hall–Kier alpha value is -1.11. The van der Waals surface area contributed by atoms with E-state index < -0.39 is 9.84 Å². The van der Waals surface area contributed by atoms with Crippen molar-refractivity contribution < 1.29 is 13.2 Å². The van der Waals surface area contributed by atoms with Gasteiger partial charge in [-0.1, -0.05) is 19.1 Å². The van der Waals surface area contributed by atoms with Crippen LogP contribution in [0.15, 0.2) is 29.2 Å². The molecule has 1 aliphatic heterocycles. The van der Waals surface area contributed by atoms with Gasteiger partial charge in [-0.3, -0.25) is 0 Å². The van der Waals surface area contributed by atoms with Gasteiger partial charge in [0, 0.05) is 13.1 Å². The number of nitrogens with zero attached hydrogens (tertiary/aromatic N) is 1. The number of hydrogen-bond acceptors (Lipinski definition) is 5. The summed E-state index contributed by atoms with van der Waals surface area (Å²) in [5.74, 6) is 0.0989. The van der Waals surface area contributed by atoms with Gasteiger partial charge >= 0.3 is 0 Å². The lowest BCUT2D eigenvalue weighted by Gasteiger charge is -2.37. The summed E-state index contributed by atoms with van der Waals surface area (Å²) < 4.78 is 29.7. The number of anilines is 1. The van der Waals surface area contributed by atoms with E-state index in [0.29, 0.717) is 31.2 Å². The van der Waals surface area contributed by atoms with Crippen molar-refractivity contribution in [3.63, 3.8) is 0 Å². The van der Waals surface area contributed by atoms with Crippen LogP contribution in [-0.4, -0.2) is 46.5 Å². The van der Waals surface area contributed by atoms with E-state index in [4.69, 9.17) is 10.5 Å². The first-order chi connectivity index (χ1) is 9.10. The van der Waals surface area contributed by atoms with Gasteiger partial charge in [0.2, 0.25) is 0 Å². The predicted octanol–water partition coefficient (Wildman–Crippen LogP) is 0.644. The molecule has 1 saturated heterocycles. The van der Waals surface area contributed by atoms with Gasteiger partial charge in [-0.2, -0.15) is 0 Å². The molecule has 1 aromatic carbocycles. The van der Waals surface area contributed by atoms with Gasteiger partial charge in [0.1, 0.15) is 0 Å². The van der Waals surface area contributed by atoms with Crippen LogP contribution < -0.4 is 10.6 Å². The minimum atomic E-state index is -3.23. The van der Waals surface area contributed by atoms with Crippen LogP contribution in [0.4, 0.5) is 5.69 Å². The van der Waals surface area contributed by atoms with Crippen LogP contribution in [-0.2, 0) is 14.6 Å². The highest BCUT2D eigenvalue weighted by Crippen LogP contribution is 2.28. The molecule has 1 unspecified atom stereocenters. The summed E-state index contributed by atoms with van der Waals surface area (Å²) >= 11 is 0. The van der Waals surface area contributed by atoms with E-state index in [9.17, 15) is 8.42 Å². The van der Waals surface area contributed by atoms with Crippen LogP contribution in [0.25, 0.3) is 0 Å². The Labute approximate surface area is 114 Å². The molecule has 1 atom stereocenters. The fourth-order valence-corrected chi connectivity index (χ4v) is 3.38. The SMILES string of the molecule is CCS(=O)(=O)c1ccccc1N1CCOCC1CN. The second-order valence-electron chi connectivity index (χ2n) is 4.53. The lowest BCUT2D eigenvalue weighted by Crippen LogP contribution is -2.50. The van der Waals surface area contributed by atoms with Crippen LogP contribution in [0.1, 0.15) is 6.92 Å². The van der Waals surface area contributed by atoms with Gasteiger partial charge in [-0.15, -0.1) is 0 Å². The molecule has 0 aromatic heterocycles. The Balaban J connectivity index is 2.44. The first-order valence-corrected chi connectivity index (χ1v) is 8.11. The largest absolute Gasteiger partial charge is 0.377 e. The molecule has 2 rings (SSSR count). The average Bonchev–Trinajstić information content (AvgIpc) is 2.47. The second-order valence-corrected chi connectivity index (χ2v) is 6.78. The van der Waals surface area contributed by atoms with E-state index in [0.717, 1.165) is 5.69 Å². The third kappa shape index (κ3) is 2.91. The van der Waals surface area contributed by atoms with E-state index in [-0.39, 0.29) is 11.8 Å². The molecule has 19 heavy (non-hydrogen) atoms. The number of rotatable bonds is 4. The molecule has 6 heteroatoms. The lowest BCUT2D eigenvalue weighted by molar-refractivity contribution is 0.0960. The molecule has 0 amide bonds.